The van der Waals surface area contributed by atoms with E-state index >= 15 is 0 Å². The highest BCUT2D eigenvalue weighted by atomic mass is 35.5. The Balaban J connectivity index is 1.48. The lowest BCUT2D eigenvalue weighted by Gasteiger charge is -2.18. The number of benzene rings is 1. The van der Waals surface area contributed by atoms with Gasteiger partial charge >= 0.3 is 0 Å². The molecule has 6 nitrogen and oxygen atoms in total. The largest absolute Gasteiger partial charge is 0.485 e. The Morgan fingerprint density at radius 1 is 1.32 bits per heavy atom. The summed E-state index contributed by atoms with van der Waals surface area (Å²) in [6.07, 6.45) is 3.81. The summed E-state index contributed by atoms with van der Waals surface area (Å²) >= 11 is 6.06. The average molecular weight is 363 g/mol. The molecule has 0 radical (unpaired) electrons. The third-order valence-electron chi connectivity index (χ3n) is 3.99. The first-order chi connectivity index (χ1) is 12.2. The number of aliphatic hydroxyl groups is 1. The van der Waals surface area contributed by atoms with Crippen molar-refractivity contribution in [2.75, 3.05) is 19.7 Å². The smallest absolute Gasteiger partial charge is 0.260 e. The summed E-state index contributed by atoms with van der Waals surface area (Å²) in [6, 6.07) is 8.66. The molecule has 0 spiro atoms. The Morgan fingerprint density at radius 3 is 2.84 bits per heavy atom. The molecule has 2 aromatic rings. The zero-order valence-electron chi connectivity index (χ0n) is 13.6. The van der Waals surface area contributed by atoms with Gasteiger partial charge in [-0.15, -0.1) is 0 Å². The molecule has 1 aromatic carbocycles. The lowest BCUT2D eigenvalue weighted by molar-refractivity contribution is -0.132. The zero-order chi connectivity index (χ0) is 17.6. The number of aliphatic hydroxyl groups excluding tert-OH is 1. The fourth-order valence-corrected chi connectivity index (χ4v) is 2.76. The van der Waals surface area contributed by atoms with Crippen LogP contribution in [0.3, 0.4) is 0 Å². The molecule has 1 atom stereocenters. The molecule has 0 saturated carbocycles. The summed E-state index contributed by atoms with van der Waals surface area (Å²) in [5.74, 6) is 1.04. The predicted molar refractivity (Wildman–Crippen MR) is 92.7 cm³/mol. The first-order valence-electron chi connectivity index (χ1n) is 8.02. The number of halogens is 1. The van der Waals surface area contributed by atoms with Gasteiger partial charge in [-0.05, 0) is 23.8 Å². The van der Waals surface area contributed by atoms with Crippen molar-refractivity contribution in [2.24, 2.45) is 0 Å². The van der Waals surface area contributed by atoms with E-state index in [-0.39, 0.29) is 25.2 Å². The molecule has 1 aliphatic heterocycles. The quantitative estimate of drug-likeness (QED) is 0.853. The van der Waals surface area contributed by atoms with E-state index in [0.717, 1.165) is 12.0 Å². The summed E-state index contributed by atoms with van der Waals surface area (Å²) in [5, 5.41) is 9.52. The number of hydrogen-bond acceptors (Lipinski definition) is 5. The van der Waals surface area contributed by atoms with Gasteiger partial charge in [0.1, 0.15) is 11.9 Å². The maximum absolute atomic E-state index is 12.3. The number of carbonyl (C=O) groups excluding carboxylic acids is 1. The Hall–Kier alpha value is -2.31. The minimum absolute atomic E-state index is 0.0185. The molecule has 0 aliphatic carbocycles. The first-order valence-corrected chi connectivity index (χ1v) is 8.40. The molecule has 1 amide bonds. The van der Waals surface area contributed by atoms with Gasteiger partial charge in [-0.3, -0.25) is 9.78 Å². The van der Waals surface area contributed by atoms with Gasteiger partial charge < -0.3 is 19.5 Å². The van der Waals surface area contributed by atoms with Crippen molar-refractivity contribution in [2.45, 2.75) is 19.1 Å². The summed E-state index contributed by atoms with van der Waals surface area (Å²) in [4.78, 5) is 18.0. The van der Waals surface area contributed by atoms with E-state index < -0.39 is 0 Å². The third kappa shape index (κ3) is 4.61. The number of rotatable bonds is 6. The van der Waals surface area contributed by atoms with Crippen LogP contribution in [-0.2, 0) is 11.4 Å². The van der Waals surface area contributed by atoms with Gasteiger partial charge in [0.15, 0.2) is 12.4 Å². The minimum atomic E-state index is -0.102. The number of likely N-dealkylation sites (tertiary alicyclic amines) is 1. The Kier molecular flexibility index (Phi) is 5.73. The van der Waals surface area contributed by atoms with E-state index in [1.807, 2.05) is 0 Å². The van der Waals surface area contributed by atoms with Gasteiger partial charge in [-0.2, -0.15) is 0 Å². The topological polar surface area (TPSA) is 71.9 Å². The van der Waals surface area contributed by atoms with E-state index in [9.17, 15) is 4.79 Å². The lowest BCUT2D eigenvalue weighted by Crippen LogP contribution is -2.34. The Morgan fingerprint density at radius 2 is 2.12 bits per heavy atom. The fourth-order valence-electron chi connectivity index (χ4n) is 2.61. The molecule has 1 N–H and O–H groups in total. The van der Waals surface area contributed by atoms with Crippen molar-refractivity contribution in [3.05, 3.63) is 53.3 Å². The minimum Gasteiger partial charge on any atom is -0.485 e. The number of hydrogen-bond donors (Lipinski definition) is 1. The molecule has 1 fully saturated rings. The van der Waals surface area contributed by atoms with Crippen LogP contribution in [0.5, 0.6) is 11.5 Å². The standard InChI is InChI=1S/C18H19ClN2O4/c19-16-5-7-20-9-17(16)25-15-6-8-21(10-15)18(23)12-24-14-3-1-13(11-22)2-4-14/h1-5,7,9,15,22H,6,8,10-12H2. The molecular weight excluding hydrogens is 344 g/mol. The van der Waals surface area contributed by atoms with Crippen molar-refractivity contribution in [1.82, 2.24) is 9.88 Å². The van der Waals surface area contributed by atoms with E-state index in [1.165, 1.54) is 0 Å². The van der Waals surface area contributed by atoms with Crippen LogP contribution in [0.15, 0.2) is 42.7 Å². The van der Waals surface area contributed by atoms with Crippen LogP contribution in [0.25, 0.3) is 0 Å². The maximum Gasteiger partial charge on any atom is 0.260 e. The van der Waals surface area contributed by atoms with E-state index in [4.69, 9.17) is 26.2 Å². The van der Waals surface area contributed by atoms with Crippen LogP contribution in [0.4, 0.5) is 0 Å². The molecule has 25 heavy (non-hydrogen) atoms. The van der Waals surface area contributed by atoms with Gasteiger partial charge in [0, 0.05) is 19.2 Å². The van der Waals surface area contributed by atoms with E-state index in [1.54, 1.807) is 47.6 Å². The maximum atomic E-state index is 12.3. The van der Waals surface area contributed by atoms with Crippen molar-refractivity contribution < 1.29 is 19.4 Å². The van der Waals surface area contributed by atoms with Crippen molar-refractivity contribution in [3.8, 4) is 11.5 Å². The highest BCUT2D eigenvalue weighted by Crippen LogP contribution is 2.25. The van der Waals surface area contributed by atoms with Crippen LogP contribution in [0.1, 0.15) is 12.0 Å². The van der Waals surface area contributed by atoms with Gasteiger partial charge in [0.2, 0.25) is 0 Å². The molecular formula is C18H19ClN2O4. The molecule has 1 aliphatic rings. The van der Waals surface area contributed by atoms with Crippen molar-refractivity contribution in [1.29, 1.82) is 0 Å². The second kappa shape index (κ2) is 8.18. The molecule has 2 heterocycles. The number of carbonyl (C=O) groups is 1. The summed E-state index contributed by atoms with van der Waals surface area (Å²) in [7, 11) is 0. The number of nitrogens with zero attached hydrogens (tertiary/aromatic N) is 2. The fraction of sp³-hybridized carbons (Fsp3) is 0.333. The number of ether oxygens (including phenoxy) is 2. The van der Waals surface area contributed by atoms with Gasteiger partial charge in [-0.25, -0.2) is 0 Å². The highest BCUT2D eigenvalue weighted by molar-refractivity contribution is 6.31. The normalized spacial score (nSPS) is 16.7. The van der Waals surface area contributed by atoms with Gasteiger partial charge in [0.05, 0.1) is 24.4 Å². The molecule has 132 valence electrons. The van der Waals surface area contributed by atoms with Crippen LogP contribution in [-0.4, -0.2) is 46.7 Å². The summed E-state index contributed by atoms with van der Waals surface area (Å²) in [6.45, 7) is 1.07. The molecule has 0 bridgehead atoms. The first kappa shape index (κ1) is 17.5. The Labute approximate surface area is 151 Å². The van der Waals surface area contributed by atoms with Crippen molar-refractivity contribution in [3.63, 3.8) is 0 Å². The van der Waals surface area contributed by atoms with E-state index in [0.29, 0.717) is 29.6 Å². The van der Waals surface area contributed by atoms with Crippen molar-refractivity contribution >= 4 is 17.5 Å². The SMILES string of the molecule is O=C(COc1ccc(CO)cc1)N1CCC(Oc2cnccc2Cl)C1. The monoisotopic (exact) mass is 362 g/mol. The highest BCUT2D eigenvalue weighted by Gasteiger charge is 2.28. The molecule has 1 aromatic heterocycles. The van der Waals surface area contributed by atoms with Crippen LogP contribution in [0.2, 0.25) is 5.02 Å². The molecule has 1 saturated heterocycles. The third-order valence-corrected chi connectivity index (χ3v) is 4.31. The molecule has 7 heteroatoms. The van der Waals surface area contributed by atoms with Gasteiger partial charge in [0.25, 0.3) is 5.91 Å². The second-order valence-corrected chi connectivity index (χ2v) is 6.17. The average Bonchev–Trinajstić information content (AvgIpc) is 3.11. The summed E-state index contributed by atoms with van der Waals surface area (Å²) in [5.41, 5.74) is 0.798. The van der Waals surface area contributed by atoms with Crippen LogP contribution < -0.4 is 9.47 Å². The lowest BCUT2D eigenvalue weighted by atomic mass is 10.2. The molecule has 3 rings (SSSR count). The Bertz CT molecular complexity index is 723. The van der Waals surface area contributed by atoms with Crippen LogP contribution >= 0.6 is 11.6 Å². The van der Waals surface area contributed by atoms with E-state index in [2.05, 4.69) is 4.98 Å². The number of amides is 1. The summed E-state index contributed by atoms with van der Waals surface area (Å²) < 4.78 is 11.3. The van der Waals surface area contributed by atoms with Gasteiger partial charge in [-0.1, -0.05) is 23.7 Å². The zero-order valence-corrected chi connectivity index (χ0v) is 14.4. The molecule has 1 unspecified atom stereocenters. The number of aromatic nitrogens is 1. The number of pyridine rings is 1. The predicted octanol–water partition coefficient (Wildman–Crippen LogP) is 2.29. The second-order valence-electron chi connectivity index (χ2n) is 5.77. The van der Waals surface area contributed by atoms with Crippen LogP contribution in [0, 0.1) is 0 Å².